The van der Waals surface area contributed by atoms with E-state index in [-0.39, 0.29) is 42.7 Å². The van der Waals surface area contributed by atoms with Gasteiger partial charge in [0.15, 0.2) is 12.1 Å². The molecule has 44 heavy (non-hydrogen) atoms. The highest BCUT2D eigenvalue weighted by Crippen LogP contribution is 2.10. The van der Waals surface area contributed by atoms with E-state index in [9.17, 15) is 19.5 Å². The van der Waals surface area contributed by atoms with Crippen molar-refractivity contribution in [3.05, 3.63) is 60.8 Å². The SMILES string of the molecule is CC/C=C/C=C/C=C/C=C/CCCCCC(=O)OCC(COCCC(C(=O)O)[N+](C)(C)C)OC(=O)CC/C=C/CCCCC. The molecule has 0 aliphatic carbocycles. The van der Waals surface area contributed by atoms with Gasteiger partial charge >= 0.3 is 17.9 Å². The van der Waals surface area contributed by atoms with E-state index in [0.29, 0.717) is 19.3 Å². The molecule has 0 rings (SSSR count). The molecule has 0 aromatic heterocycles. The van der Waals surface area contributed by atoms with Gasteiger partial charge in [-0.25, -0.2) is 4.79 Å². The second-order valence-electron chi connectivity index (χ2n) is 11.8. The fourth-order valence-corrected chi connectivity index (χ4v) is 4.17. The van der Waals surface area contributed by atoms with E-state index in [2.05, 4.69) is 32.1 Å². The van der Waals surface area contributed by atoms with Gasteiger partial charge < -0.3 is 23.8 Å². The number of ether oxygens (including phenoxy) is 3. The Kier molecular flexibility index (Phi) is 25.7. The molecule has 0 fully saturated rings. The van der Waals surface area contributed by atoms with Crippen LogP contribution in [0.25, 0.3) is 0 Å². The van der Waals surface area contributed by atoms with Gasteiger partial charge in [0.1, 0.15) is 6.61 Å². The monoisotopic (exact) mass is 618 g/mol. The fourth-order valence-electron chi connectivity index (χ4n) is 4.17. The van der Waals surface area contributed by atoms with Crippen LogP contribution < -0.4 is 0 Å². The number of nitrogens with zero attached hydrogens (tertiary/aromatic N) is 1. The number of likely N-dealkylation sites (N-methyl/N-ethyl adjacent to an activating group) is 1. The number of allylic oxidation sites excluding steroid dienone is 10. The second kappa shape index (κ2) is 27.6. The van der Waals surface area contributed by atoms with Crippen molar-refractivity contribution >= 4 is 17.9 Å². The molecule has 0 heterocycles. The lowest BCUT2D eigenvalue weighted by molar-refractivity contribution is -0.887. The number of quaternary nitrogens is 1. The van der Waals surface area contributed by atoms with Crippen LogP contribution in [0.1, 0.15) is 97.3 Å². The average molecular weight is 619 g/mol. The van der Waals surface area contributed by atoms with E-state index >= 15 is 0 Å². The van der Waals surface area contributed by atoms with Gasteiger partial charge in [0.2, 0.25) is 0 Å². The first-order valence-corrected chi connectivity index (χ1v) is 16.4. The van der Waals surface area contributed by atoms with Crippen LogP contribution >= 0.6 is 0 Å². The minimum Gasteiger partial charge on any atom is -0.477 e. The van der Waals surface area contributed by atoms with Gasteiger partial charge in [-0.2, -0.15) is 0 Å². The van der Waals surface area contributed by atoms with E-state index in [1.54, 1.807) is 0 Å². The topological polar surface area (TPSA) is 99.1 Å². The lowest BCUT2D eigenvalue weighted by atomic mass is 10.1. The molecule has 2 unspecified atom stereocenters. The van der Waals surface area contributed by atoms with Gasteiger partial charge in [-0.05, 0) is 44.9 Å². The lowest BCUT2D eigenvalue weighted by Gasteiger charge is -2.31. The third-order valence-corrected chi connectivity index (χ3v) is 6.76. The van der Waals surface area contributed by atoms with Gasteiger partial charge in [0.05, 0.1) is 34.4 Å². The van der Waals surface area contributed by atoms with E-state index < -0.39 is 18.1 Å². The smallest absolute Gasteiger partial charge is 0.362 e. The Hall–Kier alpha value is -2.97. The highest BCUT2D eigenvalue weighted by atomic mass is 16.6. The standard InChI is InChI=1S/C36H59NO7/c1-6-8-10-12-14-15-16-17-18-19-21-22-24-26-34(38)43-31-32(30-42-29-28-33(36(40)41)37(3,4)5)44-35(39)27-25-23-20-13-11-9-7-2/h8,10,12,14-18,20,23,32-33H,6-7,9,11,13,19,21-22,24-31H2,1-5H3/p+1/b10-8+,14-12+,16-15+,18-17+,23-20+. The molecule has 2 atom stereocenters. The van der Waals surface area contributed by atoms with Crippen molar-refractivity contribution in [3.63, 3.8) is 0 Å². The number of rotatable bonds is 27. The Morgan fingerprint density at radius 2 is 1.34 bits per heavy atom. The maximum Gasteiger partial charge on any atom is 0.362 e. The van der Waals surface area contributed by atoms with Crippen molar-refractivity contribution in [2.75, 3.05) is 41.0 Å². The number of carboxylic acids is 1. The van der Waals surface area contributed by atoms with Crippen molar-refractivity contribution in [2.45, 2.75) is 109 Å². The molecule has 0 radical (unpaired) electrons. The number of carbonyl (C=O) groups excluding carboxylic acids is 2. The number of hydrogen-bond donors (Lipinski definition) is 1. The zero-order valence-electron chi connectivity index (χ0n) is 28.1. The summed E-state index contributed by atoms with van der Waals surface area (Å²) in [7, 11) is 5.47. The summed E-state index contributed by atoms with van der Waals surface area (Å²) in [5.74, 6) is -1.61. The second-order valence-corrected chi connectivity index (χ2v) is 11.8. The highest BCUT2D eigenvalue weighted by Gasteiger charge is 2.31. The Morgan fingerprint density at radius 3 is 2.00 bits per heavy atom. The van der Waals surface area contributed by atoms with Crippen molar-refractivity contribution in [1.29, 1.82) is 0 Å². The Bertz CT molecular complexity index is 912. The normalized spacial score (nSPS) is 13.9. The third-order valence-electron chi connectivity index (χ3n) is 6.76. The molecule has 0 bridgehead atoms. The zero-order chi connectivity index (χ0) is 32.9. The zero-order valence-corrected chi connectivity index (χ0v) is 28.1. The molecule has 0 aliphatic heterocycles. The average Bonchev–Trinajstić information content (AvgIpc) is 2.96. The molecule has 0 amide bonds. The van der Waals surface area contributed by atoms with Crippen molar-refractivity contribution in [3.8, 4) is 0 Å². The number of carbonyl (C=O) groups is 3. The van der Waals surface area contributed by atoms with Crippen molar-refractivity contribution in [2.24, 2.45) is 0 Å². The van der Waals surface area contributed by atoms with E-state index in [1.165, 1.54) is 12.8 Å². The molecule has 1 N–H and O–H groups in total. The van der Waals surface area contributed by atoms with Gasteiger partial charge in [0, 0.05) is 19.3 Å². The number of unbranched alkanes of at least 4 members (excludes halogenated alkanes) is 6. The maximum absolute atomic E-state index is 12.5. The number of carboxylic acid groups (broad SMARTS) is 1. The molecule has 0 aromatic rings. The minimum absolute atomic E-state index is 0.0291. The molecule has 8 heteroatoms. The van der Waals surface area contributed by atoms with Crippen LogP contribution in [0.4, 0.5) is 0 Å². The van der Waals surface area contributed by atoms with Crippen LogP contribution in [-0.2, 0) is 28.6 Å². The maximum atomic E-state index is 12.5. The molecular formula is C36H60NO7+. The summed E-state index contributed by atoms with van der Waals surface area (Å²) in [4.78, 5) is 36.4. The summed E-state index contributed by atoms with van der Waals surface area (Å²) in [6.07, 6.45) is 30.1. The summed E-state index contributed by atoms with van der Waals surface area (Å²) in [6.45, 7) is 4.39. The Balaban J connectivity index is 4.58. The largest absolute Gasteiger partial charge is 0.477 e. The lowest BCUT2D eigenvalue weighted by Crippen LogP contribution is -2.50. The Morgan fingerprint density at radius 1 is 0.705 bits per heavy atom. The molecule has 250 valence electrons. The molecule has 0 saturated carbocycles. The highest BCUT2D eigenvalue weighted by molar-refractivity contribution is 5.72. The summed E-state index contributed by atoms with van der Waals surface area (Å²) in [5, 5.41) is 9.52. The predicted molar refractivity (Wildman–Crippen MR) is 178 cm³/mol. The van der Waals surface area contributed by atoms with Gasteiger partial charge in [-0.15, -0.1) is 0 Å². The van der Waals surface area contributed by atoms with E-state index in [4.69, 9.17) is 14.2 Å². The van der Waals surface area contributed by atoms with Crippen LogP contribution in [0, 0.1) is 0 Å². The first-order valence-electron chi connectivity index (χ1n) is 16.4. The molecule has 0 aliphatic rings. The van der Waals surface area contributed by atoms with Crippen molar-refractivity contribution < 1.29 is 38.2 Å². The van der Waals surface area contributed by atoms with E-state index in [1.807, 2.05) is 63.7 Å². The predicted octanol–water partition coefficient (Wildman–Crippen LogP) is 7.51. The quantitative estimate of drug-likeness (QED) is 0.0334. The summed E-state index contributed by atoms with van der Waals surface area (Å²) in [6, 6.07) is -0.625. The number of hydrogen-bond acceptors (Lipinski definition) is 6. The van der Waals surface area contributed by atoms with Crippen LogP contribution in [-0.4, -0.2) is 80.6 Å². The van der Waals surface area contributed by atoms with Gasteiger partial charge in [-0.3, -0.25) is 9.59 Å². The van der Waals surface area contributed by atoms with Gasteiger partial charge in [-0.1, -0.05) is 93.9 Å². The fraction of sp³-hybridized carbons (Fsp3) is 0.639. The summed E-state index contributed by atoms with van der Waals surface area (Å²) < 4.78 is 17.0. The van der Waals surface area contributed by atoms with Crippen molar-refractivity contribution in [1.82, 2.24) is 0 Å². The van der Waals surface area contributed by atoms with E-state index in [0.717, 1.165) is 44.9 Å². The van der Waals surface area contributed by atoms with Crippen LogP contribution in [0.2, 0.25) is 0 Å². The summed E-state index contributed by atoms with van der Waals surface area (Å²) in [5.41, 5.74) is 0. The number of aliphatic carboxylic acids is 1. The molecule has 0 aromatic carbocycles. The minimum atomic E-state index is -0.892. The molecule has 0 saturated heterocycles. The summed E-state index contributed by atoms with van der Waals surface area (Å²) >= 11 is 0. The molecule has 8 nitrogen and oxygen atoms in total. The van der Waals surface area contributed by atoms with Crippen LogP contribution in [0.3, 0.4) is 0 Å². The molecule has 0 spiro atoms. The first-order chi connectivity index (χ1) is 21.1. The third kappa shape index (κ3) is 25.5. The van der Waals surface area contributed by atoms with Crippen LogP contribution in [0.15, 0.2) is 60.8 Å². The number of esters is 2. The van der Waals surface area contributed by atoms with Crippen LogP contribution in [0.5, 0.6) is 0 Å². The molecular weight excluding hydrogens is 558 g/mol. The van der Waals surface area contributed by atoms with Gasteiger partial charge in [0.25, 0.3) is 0 Å². The Labute approximate surface area is 267 Å². The first kappa shape index (κ1) is 41.0.